The van der Waals surface area contributed by atoms with Gasteiger partial charge in [0.1, 0.15) is 5.75 Å². The number of rotatable bonds is 4. The standard InChI is InChI=1S/C16H15N5O2/c1-10-6-7-12(9-14(10)23-2)16(22)17-13-5-3-4-11(8-13)15-18-20-21-19-15/h3-9H,1-2H3,(H,17,22)(H,18,19,20,21). The number of H-pyrrole nitrogens is 1. The van der Waals surface area contributed by atoms with Crippen LogP contribution in [0.25, 0.3) is 11.4 Å². The van der Waals surface area contributed by atoms with E-state index in [1.54, 1.807) is 31.4 Å². The van der Waals surface area contributed by atoms with Crippen LogP contribution in [0.3, 0.4) is 0 Å². The fourth-order valence-corrected chi connectivity index (χ4v) is 2.18. The number of carbonyl (C=O) groups is 1. The molecule has 0 aliphatic heterocycles. The molecule has 0 atom stereocenters. The van der Waals surface area contributed by atoms with E-state index in [-0.39, 0.29) is 5.91 Å². The van der Waals surface area contributed by atoms with Crippen molar-refractivity contribution in [2.24, 2.45) is 0 Å². The first-order chi connectivity index (χ1) is 11.2. The van der Waals surface area contributed by atoms with Gasteiger partial charge in [0.25, 0.3) is 5.91 Å². The van der Waals surface area contributed by atoms with E-state index in [0.29, 0.717) is 22.8 Å². The van der Waals surface area contributed by atoms with E-state index < -0.39 is 0 Å². The van der Waals surface area contributed by atoms with Crippen molar-refractivity contribution in [3.05, 3.63) is 53.6 Å². The summed E-state index contributed by atoms with van der Waals surface area (Å²) in [6.45, 7) is 1.93. The van der Waals surface area contributed by atoms with Crippen LogP contribution in [0.15, 0.2) is 42.5 Å². The van der Waals surface area contributed by atoms with Gasteiger partial charge in [0.2, 0.25) is 5.82 Å². The lowest BCUT2D eigenvalue weighted by atomic mass is 10.1. The summed E-state index contributed by atoms with van der Waals surface area (Å²) >= 11 is 0. The molecule has 0 saturated carbocycles. The minimum absolute atomic E-state index is 0.214. The number of amides is 1. The summed E-state index contributed by atoms with van der Waals surface area (Å²) in [6, 6.07) is 12.6. The molecule has 3 aromatic rings. The molecular weight excluding hydrogens is 294 g/mol. The van der Waals surface area contributed by atoms with Crippen molar-refractivity contribution in [3.63, 3.8) is 0 Å². The molecule has 0 saturated heterocycles. The Labute approximate surface area is 132 Å². The fourth-order valence-electron chi connectivity index (χ4n) is 2.18. The Morgan fingerprint density at radius 1 is 1.22 bits per heavy atom. The number of anilines is 1. The Bertz CT molecular complexity index is 830. The third-order valence-corrected chi connectivity index (χ3v) is 3.39. The third-order valence-electron chi connectivity index (χ3n) is 3.39. The molecule has 0 aliphatic rings. The van der Waals surface area contributed by atoms with Crippen molar-refractivity contribution in [1.29, 1.82) is 0 Å². The molecule has 0 unspecified atom stereocenters. The average Bonchev–Trinajstić information content (AvgIpc) is 3.10. The normalized spacial score (nSPS) is 10.3. The molecule has 2 N–H and O–H groups in total. The van der Waals surface area contributed by atoms with Gasteiger partial charge < -0.3 is 10.1 Å². The number of hydrogen-bond donors (Lipinski definition) is 2. The van der Waals surface area contributed by atoms with Gasteiger partial charge in [0, 0.05) is 16.8 Å². The zero-order chi connectivity index (χ0) is 16.2. The second-order valence-corrected chi connectivity index (χ2v) is 4.95. The predicted molar refractivity (Wildman–Crippen MR) is 85.3 cm³/mol. The Morgan fingerprint density at radius 3 is 2.83 bits per heavy atom. The molecule has 116 valence electrons. The van der Waals surface area contributed by atoms with Gasteiger partial charge in [-0.15, -0.1) is 10.2 Å². The highest BCUT2D eigenvalue weighted by Crippen LogP contribution is 2.21. The smallest absolute Gasteiger partial charge is 0.255 e. The van der Waals surface area contributed by atoms with Gasteiger partial charge in [-0.3, -0.25) is 4.79 Å². The van der Waals surface area contributed by atoms with Crippen LogP contribution in [0, 0.1) is 6.92 Å². The van der Waals surface area contributed by atoms with Gasteiger partial charge in [-0.05, 0) is 42.0 Å². The van der Waals surface area contributed by atoms with Crippen LogP contribution in [0.5, 0.6) is 5.75 Å². The van der Waals surface area contributed by atoms with E-state index in [9.17, 15) is 4.79 Å². The van der Waals surface area contributed by atoms with Crippen LogP contribution in [-0.2, 0) is 0 Å². The average molecular weight is 309 g/mol. The summed E-state index contributed by atoms with van der Waals surface area (Å²) in [4.78, 5) is 12.4. The molecule has 0 bridgehead atoms. The van der Waals surface area contributed by atoms with Crippen LogP contribution in [-0.4, -0.2) is 33.6 Å². The molecule has 1 heterocycles. The van der Waals surface area contributed by atoms with Gasteiger partial charge in [-0.2, -0.15) is 5.21 Å². The highest BCUT2D eigenvalue weighted by molar-refractivity contribution is 6.04. The molecule has 0 spiro atoms. The topological polar surface area (TPSA) is 92.8 Å². The highest BCUT2D eigenvalue weighted by Gasteiger charge is 2.10. The zero-order valence-electron chi connectivity index (χ0n) is 12.7. The quantitative estimate of drug-likeness (QED) is 0.772. The number of nitrogens with one attached hydrogen (secondary N) is 2. The van der Waals surface area contributed by atoms with Crippen LogP contribution in [0.1, 0.15) is 15.9 Å². The first kappa shape index (κ1) is 14.7. The first-order valence-electron chi connectivity index (χ1n) is 6.97. The van der Waals surface area contributed by atoms with Gasteiger partial charge in [0.05, 0.1) is 7.11 Å². The Hall–Kier alpha value is -3.22. The second-order valence-electron chi connectivity index (χ2n) is 4.95. The Balaban J connectivity index is 1.82. The zero-order valence-corrected chi connectivity index (χ0v) is 12.7. The number of nitrogens with zero attached hydrogens (tertiary/aromatic N) is 3. The van der Waals surface area contributed by atoms with Gasteiger partial charge >= 0.3 is 0 Å². The van der Waals surface area contributed by atoms with Gasteiger partial charge in [0.15, 0.2) is 0 Å². The summed E-state index contributed by atoms with van der Waals surface area (Å²) in [6.07, 6.45) is 0. The summed E-state index contributed by atoms with van der Waals surface area (Å²) in [5.74, 6) is 0.935. The maximum Gasteiger partial charge on any atom is 0.255 e. The molecule has 0 aliphatic carbocycles. The van der Waals surface area contributed by atoms with Crippen molar-refractivity contribution >= 4 is 11.6 Å². The number of methoxy groups -OCH3 is 1. The molecule has 7 heteroatoms. The Morgan fingerprint density at radius 2 is 2.09 bits per heavy atom. The van der Waals surface area contributed by atoms with Crippen LogP contribution in [0.4, 0.5) is 5.69 Å². The largest absolute Gasteiger partial charge is 0.496 e. The van der Waals surface area contributed by atoms with Crippen LogP contribution >= 0.6 is 0 Å². The van der Waals surface area contributed by atoms with Crippen molar-refractivity contribution in [2.45, 2.75) is 6.92 Å². The number of hydrogen-bond acceptors (Lipinski definition) is 5. The highest BCUT2D eigenvalue weighted by atomic mass is 16.5. The monoisotopic (exact) mass is 309 g/mol. The molecule has 7 nitrogen and oxygen atoms in total. The van der Waals surface area contributed by atoms with E-state index in [1.807, 2.05) is 25.1 Å². The van der Waals surface area contributed by atoms with Crippen molar-refractivity contribution in [2.75, 3.05) is 12.4 Å². The minimum Gasteiger partial charge on any atom is -0.496 e. The van der Waals surface area contributed by atoms with E-state index in [4.69, 9.17) is 4.74 Å². The summed E-state index contributed by atoms with van der Waals surface area (Å²) in [5.41, 5.74) is 2.91. The molecule has 1 amide bonds. The van der Waals surface area contributed by atoms with Crippen LogP contribution < -0.4 is 10.1 Å². The minimum atomic E-state index is -0.214. The number of tetrazole rings is 1. The van der Waals surface area contributed by atoms with Crippen molar-refractivity contribution < 1.29 is 9.53 Å². The molecule has 0 radical (unpaired) electrons. The number of aryl methyl sites for hydroxylation is 1. The molecular formula is C16H15N5O2. The number of benzene rings is 2. The molecule has 23 heavy (non-hydrogen) atoms. The summed E-state index contributed by atoms with van der Waals surface area (Å²) in [7, 11) is 1.58. The molecule has 0 fully saturated rings. The lowest BCUT2D eigenvalue weighted by Crippen LogP contribution is -2.12. The van der Waals surface area contributed by atoms with E-state index in [2.05, 4.69) is 25.9 Å². The second kappa shape index (κ2) is 6.27. The van der Waals surface area contributed by atoms with E-state index >= 15 is 0 Å². The number of ether oxygens (including phenoxy) is 1. The maximum absolute atomic E-state index is 12.4. The van der Waals surface area contributed by atoms with E-state index in [1.165, 1.54) is 0 Å². The molecule has 3 rings (SSSR count). The number of carbonyl (C=O) groups excluding carboxylic acids is 1. The first-order valence-corrected chi connectivity index (χ1v) is 6.97. The van der Waals surface area contributed by atoms with Gasteiger partial charge in [-0.25, -0.2) is 0 Å². The summed E-state index contributed by atoms with van der Waals surface area (Å²) < 4.78 is 5.25. The SMILES string of the molecule is COc1cc(C(=O)Nc2cccc(-c3nn[nH]n3)c2)ccc1C. The summed E-state index contributed by atoms with van der Waals surface area (Å²) in [5, 5.41) is 16.6. The Kier molecular flexibility index (Phi) is 4.01. The molecule has 2 aromatic carbocycles. The number of aromatic nitrogens is 4. The lowest BCUT2D eigenvalue weighted by Gasteiger charge is -2.09. The van der Waals surface area contributed by atoms with Crippen molar-refractivity contribution in [3.8, 4) is 17.1 Å². The van der Waals surface area contributed by atoms with E-state index in [0.717, 1.165) is 11.1 Å². The predicted octanol–water partition coefficient (Wildman–Crippen LogP) is 2.44. The third kappa shape index (κ3) is 3.18. The van der Waals surface area contributed by atoms with Crippen LogP contribution in [0.2, 0.25) is 0 Å². The lowest BCUT2D eigenvalue weighted by molar-refractivity contribution is 0.102. The fraction of sp³-hybridized carbons (Fsp3) is 0.125. The number of aromatic amines is 1. The van der Waals surface area contributed by atoms with Crippen molar-refractivity contribution in [1.82, 2.24) is 20.6 Å². The molecule has 1 aromatic heterocycles. The maximum atomic E-state index is 12.4. The van der Waals surface area contributed by atoms with Gasteiger partial charge in [-0.1, -0.05) is 18.2 Å².